The fourth-order valence-corrected chi connectivity index (χ4v) is 2.01. The van der Waals surface area contributed by atoms with Crippen molar-refractivity contribution < 1.29 is 4.74 Å². The number of benzene rings is 2. The van der Waals surface area contributed by atoms with Crippen LogP contribution in [-0.4, -0.2) is 0 Å². The molecule has 2 aromatic carbocycles. The standard InChI is InChI=1S/C16H17ClO/c1-2-4-13-7-9-15(10-8-13)18-16-6-3-5-14(11-16)12-17/h3,5-11H,2,4,12H2,1H3. The normalized spacial score (nSPS) is 10.3. The molecule has 0 amide bonds. The fraction of sp³-hybridized carbons (Fsp3) is 0.250. The summed E-state index contributed by atoms with van der Waals surface area (Å²) in [5, 5.41) is 0. The summed E-state index contributed by atoms with van der Waals surface area (Å²) >= 11 is 5.80. The molecular formula is C16H17ClO. The van der Waals surface area contributed by atoms with Gasteiger partial charge in [0.05, 0.1) is 0 Å². The quantitative estimate of drug-likeness (QED) is 0.674. The van der Waals surface area contributed by atoms with E-state index in [4.69, 9.17) is 16.3 Å². The van der Waals surface area contributed by atoms with E-state index in [1.807, 2.05) is 36.4 Å². The van der Waals surface area contributed by atoms with Gasteiger partial charge in [-0.15, -0.1) is 11.6 Å². The van der Waals surface area contributed by atoms with Crippen LogP contribution >= 0.6 is 11.6 Å². The number of hydrogen-bond donors (Lipinski definition) is 0. The van der Waals surface area contributed by atoms with Crippen LogP contribution in [-0.2, 0) is 12.3 Å². The minimum atomic E-state index is 0.507. The molecular weight excluding hydrogens is 244 g/mol. The maximum atomic E-state index is 5.80. The Morgan fingerprint density at radius 1 is 0.944 bits per heavy atom. The van der Waals surface area contributed by atoms with Crippen LogP contribution in [0.25, 0.3) is 0 Å². The number of ether oxygens (including phenoxy) is 1. The lowest BCUT2D eigenvalue weighted by molar-refractivity contribution is 0.482. The molecule has 0 unspecified atom stereocenters. The van der Waals surface area contributed by atoms with Crippen LogP contribution in [0.1, 0.15) is 24.5 Å². The van der Waals surface area contributed by atoms with E-state index >= 15 is 0 Å². The van der Waals surface area contributed by atoms with E-state index in [1.54, 1.807) is 0 Å². The Morgan fingerprint density at radius 2 is 1.72 bits per heavy atom. The molecule has 0 heterocycles. The first kappa shape index (κ1) is 13.0. The molecule has 2 aromatic rings. The van der Waals surface area contributed by atoms with Gasteiger partial charge in [0, 0.05) is 5.88 Å². The van der Waals surface area contributed by atoms with Gasteiger partial charge in [0.1, 0.15) is 11.5 Å². The van der Waals surface area contributed by atoms with Crippen LogP contribution in [0.4, 0.5) is 0 Å². The molecule has 2 heteroatoms. The molecule has 0 aliphatic rings. The zero-order chi connectivity index (χ0) is 12.8. The van der Waals surface area contributed by atoms with Crippen molar-refractivity contribution >= 4 is 11.6 Å². The lowest BCUT2D eigenvalue weighted by atomic mass is 10.1. The summed E-state index contributed by atoms with van der Waals surface area (Å²) in [5.74, 6) is 2.20. The molecule has 2 rings (SSSR count). The summed E-state index contributed by atoms with van der Waals surface area (Å²) in [6, 6.07) is 16.1. The lowest BCUT2D eigenvalue weighted by Crippen LogP contribution is -1.87. The van der Waals surface area contributed by atoms with E-state index in [-0.39, 0.29) is 0 Å². The monoisotopic (exact) mass is 260 g/mol. The summed E-state index contributed by atoms with van der Waals surface area (Å²) in [5.41, 5.74) is 2.41. The van der Waals surface area contributed by atoms with Crippen molar-refractivity contribution in [1.29, 1.82) is 0 Å². The maximum Gasteiger partial charge on any atom is 0.127 e. The molecule has 0 spiro atoms. The first-order chi connectivity index (χ1) is 8.81. The Labute approximate surface area is 113 Å². The predicted molar refractivity (Wildman–Crippen MR) is 76.5 cm³/mol. The van der Waals surface area contributed by atoms with E-state index < -0.39 is 0 Å². The van der Waals surface area contributed by atoms with Crippen LogP contribution in [0, 0.1) is 0 Å². The summed E-state index contributed by atoms with van der Waals surface area (Å²) in [6.45, 7) is 2.18. The van der Waals surface area contributed by atoms with E-state index in [1.165, 1.54) is 5.56 Å². The van der Waals surface area contributed by atoms with Crippen LogP contribution < -0.4 is 4.74 Å². The van der Waals surface area contributed by atoms with Crippen LogP contribution in [0.5, 0.6) is 11.5 Å². The molecule has 94 valence electrons. The van der Waals surface area contributed by atoms with Gasteiger partial charge in [-0.25, -0.2) is 0 Å². The topological polar surface area (TPSA) is 9.23 Å². The molecule has 18 heavy (non-hydrogen) atoms. The van der Waals surface area contributed by atoms with Gasteiger partial charge in [-0.2, -0.15) is 0 Å². The van der Waals surface area contributed by atoms with Gasteiger partial charge in [-0.05, 0) is 41.8 Å². The zero-order valence-corrected chi connectivity index (χ0v) is 11.3. The Balaban J connectivity index is 2.08. The Morgan fingerprint density at radius 3 is 2.39 bits per heavy atom. The molecule has 0 fully saturated rings. The second-order valence-corrected chi connectivity index (χ2v) is 4.54. The lowest BCUT2D eigenvalue weighted by Gasteiger charge is -2.07. The highest BCUT2D eigenvalue weighted by Crippen LogP contribution is 2.23. The highest BCUT2D eigenvalue weighted by atomic mass is 35.5. The second kappa shape index (κ2) is 6.46. The van der Waals surface area contributed by atoms with E-state index in [0.717, 1.165) is 29.9 Å². The largest absolute Gasteiger partial charge is 0.457 e. The van der Waals surface area contributed by atoms with Gasteiger partial charge in [-0.1, -0.05) is 37.6 Å². The van der Waals surface area contributed by atoms with Crippen molar-refractivity contribution in [3.8, 4) is 11.5 Å². The van der Waals surface area contributed by atoms with Gasteiger partial charge in [0.15, 0.2) is 0 Å². The Hall–Kier alpha value is -1.47. The molecule has 0 radical (unpaired) electrons. The number of hydrogen-bond acceptors (Lipinski definition) is 1. The molecule has 0 atom stereocenters. The molecule has 0 aliphatic heterocycles. The molecule has 0 saturated heterocycles. The van der Waals surface area contributed by atoms with Crippen LogP contribution in [0.2, 0.25) is 0 Å². The molecule has 0 aromatic heterocycles. The summed E-state index contributed by atoms with van der Waals surface area (Å²) in [4.78, 5) is 0. The third-order valence-corrected chi connectivity index (χ3v) is 3.06. The molecule has 0 aliphatic carbocycles. The van der Waals surface area contributed by atoms with Crippen molar-refractivity contribution in [3.63, 3.8) is 0 Å². The van der Waals surface area contributed by atoms with Gasteiger partial charge in [0.25, 0.3) is 0 Å². The summed E-state index contributed by atoms with van der Waals surface area (Å²) in [6.07, 6.45) is 2.28. The van der Waals surface area contributed by atoms with Gasteiger partial charge in [0.2, 0.25) is 0 Å². The Kier molecular flexibility index (Phi) is 4.66. The molecule has 0 N–H and O–H groups in total. The smallest absolute Gasteiger partial charge is 0.127 e. The number of aryl methyl sites for hydroxylation is 1. The van der Waals surface area contributed by atoms with Crippen LogP contribution in [0.15, 0.2) is 48.5 Å². The number of rotatable bonds is 5. The fourth-order valence-electron chi connectivity index (χ4n) is 1.84. The minimum absolute atomic E-state index is 0.507. The van der Waals surface area contributed by atoms with Crippen molar-refractivity contribution in [2.45, 2.75) is 25.6 Å². The predicted octanol–water partition coefficient (Wildman–Crippen LogP) is 5.17. The summed E-state index contributed by atoms with van der Waals surface area (Å²) in [7, 11) is 0. The van der Waals surface area contributed by atoms with Crippen molar-refractivity contribution in [2.75, 3.05) is 0 Å². The average molecular weight is 261 g/mol. The van der Waals surface area contributed by atoms with E-state index in [0.29, 0.717) is 5.88 Å². The van der Waals surface area contributed by atoms with Crippen molar-refractivity contribution in [3.05, 3.63) is 59.7 Å². The summed E-state index contributed by atoms with van der Waals surface area (Å²) < 4.78 is 5.80. The third kappa shape index (κ3) is 3.51. The van der Waals surface area contributed by atoms with E-state index in [9.17, 15) is 0 Å². The van der Waals surface area contributed by atoms with Gasteiger partial charge >= 0.3 is 0 Å². The first-order valence-corrected chi connectivity index (χ1v) is 6.77. The highest BCUT2D eigenvalue weighted by Gasteiger charge is 1.99. The second-order valence-electron chi connectivity index (χ2n) is 4.28. The SMILES string of the molecule is CCCc1ccc(Oc2cccc(CCl)c2)cc1. The molecule has 1 nitrogen and oxygen atoms in total. The average Bonchev–Trinajstić information content (AvgIpc) is 2.42. The van der Waals surface area contributed by atoms with Gasteiger partial charge in [-0.3, -0.25) is 0 Å². The first-order valence-electron chi connectivity index (χ1n) is 6.23. The Bertz CT molecular complexity index is 491. The van der Waals surface area contributed by atoms with Crippen LogP contribution in [0.3, 0.4) is 0 Å². The van der Waals surface area contributed by atoms with E-state index in [2.05, 4.69) is 19.1 Å². The van der Waals surface area contributed by atoms with Gasteiger partial charge < -0.3 is 4.74 Å². The minimum Gasteiger partial charge on any atom is -0.457 e. The number of alkyl halides is 1. The zero-order valence-electron chi connectivity index (χ0n) is 10.5. The molecule has 0 bridgehead atoms. The highest BCUT2D eigenvalue weighted by molar-refractivity contribution is 6.17. The number of halogens is 1. The maximum absolute atomic E-state index is 5.80. The van der Waals surface area contributed by atoms with Crippen molar-refractivity contribution in [2.24, 2.45) is 0 Å². The van der Waals surface area contributed by atoms with Crippen molar-refractivity contribution in [1.82, 2.24) is 0 Å². The third-order valence-electron chi connectivity index (χ3n) is 2.75. The molecule has 0 saturated carbocycles.